The number of carbonyl (C=O) groups excluding carboxylic acids is 1. The number of carbonyl (C=O) groups is 1. The second kappa shape index (κ2) is 7.88. The smallest absolute Gasteiger partial charge is 0.256 e. The molecular formula is C18H22N4O2. The van der Waals surface area contributed by atoms with Crippen LogP contribution in [-0.4, -0.2) is 47.5 Å². The molecule has 6 nitrogen and oxygen atoms in total. The van der Waals surface area contributed by atoms with E-state index in [1.807, 2.05) is 24.4 Å². The molecular weight excluding hydrogens is 304 g/mol. The van der Waals surface area contributed by atoms with Crippen LogP contribution in [0.1, 0.15) is 22.5 Å². The predicted molar refractivity (Wildman–Crippen MR) is 90.7 cm³/mol. The van der Waals surface area contributed by atoms with Crippen molar-refractivity contribution in [1.29, 1.82) is 0 Å². The van der Waals surface area contributed by atoms with E-state index in [-0.39, 0.29) is 5.91 Å². The largest absolute Gasteiger partial charge is 0.480 e. The van der Waals surface area contributed by atoms with Crippen LogP contribution in [0.5, 0.6) is 5.88 Å². The first-order chi connectivity index (χ1) is 11.8. The third-order valence-electron chi connectivity index (χ3n) is 4.24. The lowest BCUT2D eigenvalue weighted by Gasteiger charge is -2.16. The van der Waals surface area contributed by atoms with Crippen molar-refractivity contribution in [2.45, 2.75) is 13.0 Å². The highest BCUT2D eigenvalue weighted by Gasteiger charge is 2.23. The van der Waals surface area contributed by atoms with E-state index in [9.17, 15) is 4.79 Å². The molecule has 2 aromatic rings. The zero-order chi connectivity index (χ0) is 16.8. The highest BCUT2D eigenvalue weighted by atomic mass is 16.5. The molecule has 2 aromatic heterocycles. The molecule has 1 fully saturated rings. The van der Waals surface area contributed by atoms with E-state index >= 15 is 0 Å². The lowest BCUT2D eigenvalue weighted by Crippen LogP contribution is -2.31. The molecule has 1 aliphatic rings. The van der Waals surface area contributed by atoms with Gasteiger partial charge in [0.15, 0.2) is 0 Å². The Morgan fingerprint density at radius 1 is 1.29 bits per heavy atom. The first kappa shape index (κ1) is 16.4. The summed E-state index contributed by atoms with van der Waals surface area (Å²) in [4.78, 5) is 23.1. The fourth-order valence-corrected chi connectivity index (χ4v) is 3.00. The molecule has 0 saturated carbocycles. The standard InChI is InChI=1S/C18H22N4O2/c1-24-18-16(6-4-9-20-18)17(23)21-11-14-7-10-22(12-14)13-15-5-2-3-8-19-15/h2-6,8-9,14H,7,10-13H2,1H3,(H,21,23). The Balaban J connectivity index is 1.48. The summed E-state index contributed by atoms with van der Waals surface area (Å²) in [6.45, 7) is 3.53. The van der Waals surface area contributed by atoms with Gasteiger partial charge in [-0.25, -0.2) is 4.98 Å². The maximum absolute atomic E-state index is 12.3. The molecule has 0 aliphatic carbocycles. The van der Waals surface area contributed by atoms with Crippen LogP contribution in [0.3, 0.4) is 0 Å². The number of pyridine rings is 2. The van der Waals surface area contributed by atoms with E-state index in [1.165, 1.54) is 7.11 Å². The summed E-state index contributed by atoms with van der Waals surface area (Å²) < 4.78 is 5.13. The van der Waals surface area contributed by atoms with Crippen LogP contribution in [0.25, 0.3) is 0 Å². The number of ether oxygens (including phenoxy) is 1. The van der Waals surface area contributed by atoms with Crippen molar-refractivity contribution >= 4 is 5.91 Å². The van der Waals surface area contributed by atoms with Crippen LogP contribution in [0.2, 0.25) is 0 Å². The SMILES string of the molecule is COc1ncccc1C(=O)NCC1CCN(Cc2ccccn2)C1. The number of hydrogen-bond acceptors (Lipinski definition) is 5. The number of aromatic nitrogens is 2. The van der Waals surface area contributed by atoms with Gasteiger partial charge in [-0.1, -0.05) is 6.07 Å². The molecule has 1 atom stereocenters. The summed E-state index contributed by atoms with van der Waals surface area (Å²) in [6.07, 6.45) is 4.52. The number of methoxy groups -OCH3 is 1. The average Bonchev–Trinajstić information content (AvgIpc) is 3.08. The molecule has 1 amide bonds. The van der Waals surface area contributed by atoms with Crippen molar-refractivity contribution in [3.05, 3.63) is 54.0 Å². The highest BCUT2D eigenvalue weighted by Crippen LogP contribution is 2.18. The Kier molecular flexibility index (Phi) is 5.38. The maximum Gasteiger partial charge on any atom is 0.256 e. The predicted octanol–water partition coefficient (Wildman–Crippen LogP) is 1.74. The van der Waals surface area contributed by atoms with Gasteiger partial charge in [0.2, 0.25) is 5.88 Å². The van der Waals surface area contributed by atoms with Gasteiger partial charge in [-0.2, -0.15) is 0 Å². The van der Waals surface area contributed by atoms with Crippen molar-refractivity contribution in [1.82, 2.24) is 20.2 Å². The molecule has 1 aliphatic heterocycles. The fraction of sp³-hybridized carbons (Fsp3) is 0.389. The van der Waals surface area contributed by atoms with Gasteiger partial charge in [0.05, 0.1) is 12.8 Å². The third-order valence-corrected chi connectivity index (χ3v) is 4.24. The summed E-state index contributed by atoms with van der Waals surface area (Å²) in [5.74, 6) is 0.682. The van der Waals surface area contributed by atoms with E-state index in [0.29, 0.717) is 23.9 Å². The minimum atomic E-state index is -0.136. The molecule has 3 rings (SSSR count). The van der Waals surface area contributed by atoms with Crippen LogP contribution >= 0.6 is 0 Å². The molecule has 24 heavy (non-hydrogen) atoms. The van der Waals surface area contributed by atoms with Gasteiger partial charge in [-0.15, -0.1) is 0 Å². The van der Waals surface area contributed by atoms with Crippen molar-refractivity contribution in [2.75, 3.05) is 26.7 Å². The van der Waals surface area contributed by atoms with E-state index < -0.39 is 0 Å². The Morgan fingerprint density at radius 2 is 2.17 bits per heavy atom. The third kappa shape index (κ3) is 4.08. The van der Waals surface area contributed by atoms with E-state index in [4.69, 9.17) is 4.74 Å². The quantitative estimate of drug-likeness (QED) is 0.876. The molecule has 0 radical (unpaired) electrons. The molecule has 126 valence electrons. The van der Waals surface area contributed by atoms with E-state index in [1.54, 1.807) is 18.3 Å². The Morgan fingerprint density at radius 3 is 2.96 bits per heavy atom. The molecule has 1 unspecified atom stereocenters. The Hall–Kier alpha value is -2.47. The second-order valence-electron chi connectivity index (χ2n) is 5.98. The second-order valence-corrected chi connectivity index (χ2v) is 5.98. The molecule has 0 spiro atoms. The van der Waals surface area contributed by atoms with Gasteiger partial charge in [0, 0.05) is 32.0 Å². The van der Waals surface area contributed by atoms with E-state index in [0.717, 1.165) is 31.7 Å². The highest BCUT2D eigenvalue weighted by molar-refractivity contribution is 5.96. The number of rotatable bonds is 6. The summed E-state index contributed by atoms with van der Waals surface area (Å²) in [6, 6.07) is 9.45. The number of likely N-dealkylation sites (tertiary alicyclic amines) is 1. The molecule has 0 bridgehead atoms. The zero-order valence-corrected chi connectivity index (χ0v) is 13.8. The number of nitrogens with zero attached hydrogens (tertiary/aromatic N) is 3. The topological polar surface area (TPSA) is 67.3 Å². The van der Waals surface area contributed by atoms with Gasteiger partial charge >= 0.3 is 0 Å². The van der Waals surface area contributed by atoms with Crippen molar-refractivity contribution in [3.8, 4) is 5.88 Å². The first-order valence-electron chi connectivity index (χ1n) is 8.15. The lowest BCUT2D eigenvalue weighted by molar-refractivity contribution is 0.0943. The minimum absolute atomic E-state index is 0.136. The number of nitrogens with one attached hydrogen (secondary N) is 1. The van der Waals surface area contributed by atoms with Crippen LogP contribution in [0.4, 0.5) is 0 Å². The molecule has 6 heteroatoms. The Labute approximate surface area is 141 Å². The summed E-state index contributed by atoms with van der Waals surface area (Å²) in [7, 11) is 1.52. The molecule has 3 heterocycles. The van der Waals surface area contributed by atoms with Gasteiger partial charge in [-0.05, 0) is 43.1 Å². The van der Waals surface area contributed by atoms with Gasteiger partial charge in [-0.3, -0.25) is 14.7 Å². The van der Waals surface area contributed by atoms with Gasteiger partial charge in [0.25, 0.3) is 5.91 Å². The lowest BCUT2D eigenvalue weighted by atomic mass is 10.1. The fourth-order valence-electron chi connectivity index (χ4n) is 3.00. The van der Waals surface area contributed by atoms with Crippen LogP contribution < -0.4 is 10.1 Å². The molecule has 0 aromatic carbocycles. The van der Waals surface area contributed by atoms with Crippen LogP contribution in [0, 0.1) is 5.92 Å². The monoisotopic (exact) mass is 326 g/mol. The van der Waals surface area contributed by atoms with Gasteiger partial charge in [0.1, 0.15) is 5.56 Å². The minimum Gasteiger partial charge on any atom is -0.480 e. The van der Waals surface area contributed by atoms with E-state index in [2.05, 4.69) is 20.2 Å². The maximum atomic E-state index is 12.3. The van der Waals surface area contributed by atoms with Crippen LogP contribution in [0.15, 0.2) is 42.7 Å². The summed E-state index contributed by atoms with van der Waals surface area (Å²) in [5, 5.41) is 3.00. The molecule has 1 N–H and O–H groups in total. The molecule has 1 saturated heterocycles. The first-order valence-corrected chi connectivity index (χ1v) is 8.15. The van der Waals surface area contributed by atoms with Crippen molar-refractivity contribution in [3.63, 3.8) is 0 Å². The van der Waals surface area contributed by atoms with Gasteiger partial charge < -0.3 is 10.1 Å². The number of hydrogen-bond donors (Lipinski definition) is 1. The van der Waals surface area contributed by atoms with Crippen LogP contribution in [-0.2, 0) is 6.54 Å². The average molecular weight is 326 g/mol. The van der Waals surface area contributed by atoms with Crippen molar-refractivity contribution in [2.24, 2.45) is 5.92 Å². The zero-order valence-electron chi connectivity index (χ0n) is 13.8. The number of amides is 1. The van der Waals surface area contributed by atoms with Crippen molar-refractivity contribution < 1.29 is 9.53 Å². The normalized spacial score (nSPS) is 17.6. The summed E-state index contributed by atoms with van der Waals surface area (Å²) >= 11 is 0. The summed E-state index contributed by atoms with van der Waals surface area (Å²) in [5.41, 5.74) is 1.56. The Bertz CT molecular complexity index is 678.